The molecule has 0 unspecified atom stereocenters. The first-order valence-electron chi connectivity index (χ1n) is 9.87. The van der Waals surface area contributed by atoms with Gasteiger partial charge in [0.1, 0.15) is 0 Å². The summed E-state index contributed by atoms with van der Waals surface area (Å²) >= 11 is 0. The fourth-order valence-corrected chi connectivity index (χ4v) is 3.72. The van der Waals surface area contributed by atoms with E-state index >= 15 is 0 Å². The number of aromatic nitrogens is 1. The van der Waals surface area contributed by atoms with Gasteiger partial charge < -0.3 is 14.6 Å². The molecule has 3 rings (SSSR count). The highest BCUT2D eigenvalue weighted by molar-refractivity contribution is 6.35. The molecule has 1 atom stereocenters. The quantitative estimate of drug-likeness (QED) is 0.463. The lowest BCUT2D eigenvalue weighted by Gasteiger charge is -2.15. The summed E-state index contributed by atoms with van der Waals surface area (Å²) in [5, 5.41) is 6.54. The highest BCUT2D eigenvalue weighted by atomic mass is 16.5. The van der Waals surface area contributed by atoms with Crippen LogP contribution in [-0.4, -0.2) is 41.9 Å². The summed E-state index contributed by atoms with van der Waals surface area (Å²) in [5.41, 5.74) is 8.78. The lowest BCUT2D eigenvalue weighted by molar-refractivity contribution is -0.139. The molecule has 29 heavy (non-hydrogen) atoms. The van der Waals surface area contributed by atoms with Gasteiger partial charge in [0.05, 0.1) is 18.0 Å². The third-order valence-corrected chi connectivity index (χ3v) is 5.22. The number of benzene rings is 1. The van der Waals surface area contributed by atoms with Crippen molar-refractivity contribution in [2.45, 2.75) is 46.6 Å². The van der Waals surface area contributed by atoms with Crippen LogP contribution in [0.2, 0.25) is 0 Å². The summed E-state index contributed by atoms with van der Waals surface area (Å²) in [6, 6.07) is 8.23. The van der Waals surface area contributed by atoms with Gasteiger partial charge in [0, 0.05) is 30.1 Å². The van der Waals surface area contributed by atoms with E-state index in [0.29, 0.717) is 13.2 Å². The van der Waals surface area contributed by atoms with Gasteiger partial charge in [-0.1, -0.05) is 18.2 Å². The van der Waals surface area contributed by atoms with Crippen LogP contribution in [0.25, 0.3) is 5.69 Å². The summed E-state index contributed by atoms with van der Waals surface area (Å²) in [6.45, 7) is 9.27. The number of aryl methyl sites for hydroxylation is 3. The molecular weight excluding hydrogens is 368 g/mol. The maximum absolute atomic E-state index is 11.9. The number of rotatable bonds is 5. The number of para-hydroxylation sites is 1. The molecule has 1 aromatic heterocycles. The van der Waals surface area contributed by atoms with Crippen molar-refractivity contribution in [3.8, 4) is 5.69 Å². The Bertz CT molecular complexity index is 920. The molecule has 1 saturated heterocycles. The first-order chi connectivity index (χ1) is 13.9. The van der Waals surface area contributed by atoms with Crippen LogP contribution in [-0.2, 0) is 14.3 Å². The second-order valence-electron chi connectivity index (χ2n) is 7.45. The molecule has 0 bridgehead atoms. The molecule has 1 fully saturated rings. The van der Waals surface area contributed by atoms with Crippen LogP contribution >= 0.6 is 0 Å². The predicted octanol–water partition coefficient (Wildman–Crippen LogP) is 2.46. The van der Waals surface area contributed by atoms with Crippen LogP contribution in [0.5, 0.6) is 0 Å². The number of amides is 2. The largest absolute Gasteiger partial charge is 0.376 e. The molecule has 1 aliphatic rings. The Morgan fingerprint density at radius 2 is 1.93 bits per heavy atom. The van der Waals surface area contributed by atoms with E-state index in [2.05, 4.69) is 46.4 Å². The zero-order valence-electron chi connectivity index (χ0n) is 17.4. The number of carbonyl (C=O) groups excluding carboxylic acids is 2. The van der Waals surface area contributed by atoms with Crippen molar-refractivity contribution in [1.29, 1.82) is 0 Å². The lowest BCUT2D eigenvalue weighted by atomic mass is 10.1. The molecule has 2 heterocycles. The zero-order chi connectivity index (χ0) is 21.0. The van der Waals surface area contributed by atoms with Crippen molar-refractivity contribution in [1.82, 2.24) is 15.3 Å². The summed E-state index contributed by atoms with van der Waals surface area (Å²) in [4.78, 5) is 23.8. The molecule has 7 nitrogen and oxygen atoms in total. The van der Waals surface area contributed by atoms with Crippen LogP contribution < -0.4 is 10.7 Å². The molecular formula is C22H28N4O3. The minimum absolute atomic E-state index is 0.00876. The van der Waals surface area contributed by atoms with E-state index in [1.807, 2.05) is 26.0 Å². The van der Waals surface area contributed by atoms with Gasteiger partial charge in [-0.2, -0.15) is 5.10 Å². The van der Waals surface area contributed by atoms with Crippen LogP contribution in [0.15, 0.2) is 29.4 Å². The molecule has 2 amide bonds. The van der Waals surface area contributed by atoms with Gasteiger partial charge in [-0.05, 0) is 57.7 Å². The smallest absolute Gasteiger partial charge is 0.329 e. The van der Waals surface area contributed by atoms with Crippen molar-refractivity contribution in [3.05, 3.63) is 52.3 Å². The topological polar surface area (TPSA) is 84.7 Å². The summed E-state index contributed by atoms with van der Waals surface area (Å²) in [5.74, 6) is -1.50. The Hall–Kier alpha value is -2.93. The first-order valence-corrected chi connectivity index (χ1v) is 9.87. The highest BCUT2D eigenvalue weighted by Crippen LogP contribution is 2.25. The fourth-order valence-electron chi connectivity index (χ4n) is 3.72. The third kappa shape index (κ3) is 4.74. The second kappa shape index (κ2) is 9.05. The zero-order valence-corrected chi connectivity index (χ0v) is 17.4. The monoisotopic (exact) mass is 396 g/mol. The van der Waals surface area contributed by atoms with Gasteiger partial charge in [-0.3, -0.25) is 9.59 Å². The number of hydrazone groups is 1. The Balaban J connectivity index is 1.65. The fraction of sp³-hybridized carbons (Fsp3) is 0.409. The lowest BCUT2D eigenvalue weighted by Crippen LogP contribution is -2.41. The first kappa shape index (κ1) is 20.8. The number of ether oxygens (including phenoxy) is 1. The van der Waals surface area contributed by atoms with Gasteiger partial charge in [-0.25, -0.2) is 5.43 Å². The van der Waals surface area contributed by atoms with Crippen molar-refractivity contribution >= 4 is 18.0 Å². The normalized spacial score (nSPS) is 16.3. The van der Waals surface area contributed by atoms with E-state index in [-0.39, 0.29) is 6.10 Å². The Morgan fingerprint density at radius 1 is 1.21 bits per heavy atom. The van der Waals surface area contributed by atoms with Crippen molar-refractivity contribution < 1.29 is 14.3 Å². The van der Waals surface area contributed by atoms with Crippen molar-refractivity contribution in [3.63, 3.8) is 0 Å². The van der Waals surface area contributed by atoms with E-state index in [0.717, 1.165) is 35.5 Å². The molecule has 0 radical (unpaired) electrons. The van der Waals surface area contributed by atoms with Crippen molar-refractivity contribution in [2.24, 2.45) is 5.10 Å². The third-order valence-electron chi connectivity index (χ3n) is 5.22. The molecule has 0 aliphatic carbocycles. The average Bonchev–Trinajstić information content (AvgIpc) is 3.29. The van der Waals surface area contributed by atoms with Gasteiger partial charge >= 0.3 is 11.8 Å². The minimum Gasteiger partial charge on any atom is -0.376 e. The standard InChI is InChI=1S/C22H28N4O3/c1-14-7-5-8-15(2)20(14)26-16(3)11-18(17(26)4)12-24-25-22(28)21(27)23-13-19-9-6-10-29-19/h5,7-8,11-12,19H,6,9-10,13H2,1-4H3,(H,23,27)(H,25,28)/b24-12-/t19-/m1/s1. The molecule has 0 saturated carbocycles. The molecule has 2 N–H and O–H groups in total. The SMILES string of the molecule is Cc1cccc(C)c1-n1c(C)cc(/C=N\NC(=O)C(=O)NC[C@H]2CCCO2)c1C. The van der Waals surface area contributed by atoms with Gasteiger partial charge in [-0.15, -0.1) is 0 Å². The summed E-state index contributed by atoms with van der Waals surface area (Å²) < 4.78 is 7.61. The Morgan fingerprint density at radius 3 is 2.59 bits per heavy atom. The number of nitrogens with one attached hydrogen (secondary N) is 2. The molecule has 7 heteroatoms. The maximum atomic E-state index is 11.9. The maximum Gasteiger partial charge on any atom is 0.329 e. The number of nitrogens with zero attached hydrogens (tertiary/aromatic N) is 2. The van der Waals surface area contributed by atoms with Crippen molar-refractivity contribution in [2.75, 3.05) is 13.2 Å². The summed E-state index contributed by atoms with van der Waals surface area (Å²) in [7, 11) is 0. The number of carbonyl (C=O) groups is 2. The van der Waals surface area contributed by atoms with Crippen LogP contribution in [0.1, 0.15) is 40.9 Å². The second-order valence-corrected chi connectivity index (χ2v) is 7.45. The van der Waals surface area contributed by atoms with E-state index < -0.39 is 11.8 Å². The van der Waals surface area contributed by atoms with Gasteiger partial charge in [0.15, 0.2) is 0 Å². The van der Waals surface area contributed by atoms with Gasteiger partial charge in [0.2, 0.25) is 0 Å². The van der Waals surface area contributed by atoms with E-state index in [9.17, 15) is 9.59 Å². The van der Waals surface area contributed by atoms with E-state index in [1.54, 1.807) is 6.21 Å². The van der Waals surface area contributed by atoms with Gasteiger partial charge in [0.25, 0.3) is 0 Å². The number of hydrogen-bond acceptors (Lipinski definition) is 4. The molecule has 154 valence electrons. The predicted molar refractivity (Wildman–Crippen MR) is 112 cm³/mol. The Labute approximate surface area is 171 Å². The minimum atomic E-state index is -0.789. The van der Waals surface area contributed by atoms with E-state index in [1.165, 1.54) is 11.1 Å². The van der Waals surface area contributed by atoms with Crippen LogP contribution in [0.3, 0.4) is 0 Å². The molecule has 0 spiro atoms. The van der Waals surface area contributed by atoms with Crippen LogP contribution in [0.4, 0.5) is 0 Å². The summed E-state index contributed by atoms with van der Waals surface area (Å²) in [6.07, 6.45) is 3.44. The Kier molecular flexibility index (Phi) is 6.49. The highest BCUT2D eigenvalue weighted by Gasteiger charge is 2.19. The molecule has 1 aliphatic heterocycles. The molecule has 2 aromatic rings. The molecule has 1 aromatic carbocycles. The van der Waals surface area contributed by atoms with E-state index in [4.69, 9.17) is 4.74 Å². The number of hydrogen-bond donors (Lipinski definition) is 2. The van der Waals surface area contributed by atoms with Crippen LogP contribution in [0, 0.1) is 27.7 Å². The average molecular weight is 396 g/mol.